The van der Waals surface area contributed by atoms with Crippen LogP contribution in [0.2, 0.25) is 0 Å². The van der Waals surface area contributed by atoms with Crippen molar-refractivity contribution in [1.82, 2.24) is 9.94 Å². The minimum absolute atomic E-state index is 0.447. The molecule has 0 saturated carbocycles. The van der Waals surface area contributed by atoms with Gasteiger partial charge in [-0.15, -0.1) is 5.10 Å². The Balaban J connectivity index is 1.91. The van der Waals surface area contributed by atoms with Gasteiger partial charge in [-0.3, -0.25) is 4.79 Å². The monoisotopic (exact) mass is 344 g/mol. The lowest BCUT2D eigenvalue weighted by molar-refractivity contribution is -0.143. The van der Waals surface area contributed by atoms with Gasteiger partial charge in [0.2, 0.25) is 0 Å². The van der Waals surface area contributed by atoms with Crippen molar-refractivity contribution in [3.8, 4) is 0 Å². The van der Waals surface area contributed by atoms with Gasteiger partial charge in [0, 0.05) is 18.7 Å². The zero-order valence-electron chi connectivity index (χ0n) is 14.2. The van der Waals surface area contributed by atoms with Crippen LogP contribution in [-0.4, -0.2) is 15.9 Å². The summed E-state index contributed by atoms with van der Waals surface area (Å²) in [5.41, 5.74) is 1.32. The number of carbonyl (C=O) groups excluding carboxylic acids is 1. The van der Waals surface area contributed by atoms with E-state index in [1.54, 1.807) is 12.1 Å². The summed E-state index contributed by atoms with van der Waals surface area (Å²) in [6.45, 7) is 1.24. The number of aromatic nitrogens is 2. The lowest BCUT2D eigenvalue weighted by Crippen LogP contribution is -2.33. The second-order valence-electron chi connectivity index (χ2n) is 6.07. The highest BCUT2D eigenvalue weighted by atomic mass is 16.7. The van der Waals surface area contributed by atoms with Gasteiger partial charge < -0.3 is 4.84 Å². The molecule has 0 amide bonds. The smallest absolute Gasteiger partial charge is 0.316 e. The van der Waals surface area contributed by atoms with Crippen molar-refractivity contribution in [3.63, 3.8) is 0 Å². The Morgan fingerprint density at radius 2 is 1.58 bits per heavy atom. The Morgan fingerprint density at radius 3 is 2.35 bits per heavy atom. The Labute approximate surface area is 149 Å². The van der Waals surface area contributed by atoms with Gasteiger partial charge in [-0.25, -0.2) is 4.79 Å². The summed E-state index contributed by atoms with van der Waals surface area (Å²) in [7, 11) is 0. The van der Waals surface area contributed by atoms with Gasteiger partial charge >= 0.3 is 11.5 Å². The van der Waals surface area contributed by atoms with Crippen LogP contribution in [0.4, 0.5) is 0 Å². The van der Waals surface area contributed by atoms with E-state index in [4.69, 9.17) is 4.84 Å². The lowest BCUT2D eigenvalue weighted by Gasteiger charge is -2.11. The van der Waals surface area contributed by atoms with Crippen LogP contribution in [-0.2, 0) is 11.2 Å². The van der Waals surface area contributed by atoms with Gasteiger partial charge in [0.15, 0.2) is 0 Å². The summed E-state index contributed by atoms with van der Waals surface area (Å²) < 4.78 is 0. The van der Waals surface area contributed by atoms with Gasteiger partial charge in [0.05, 0.1) is 11.1 Å². The largest absolute Gasteiger partial charge is 0.332 e. The van der Waals surface area contributed by atoms with Gasteiger partial charge in [-0.1, -0.05) is 60.7 Å². The molecule has 0 aliphatic carbocycles. The number of carbonyl (C=O) groups is 1. The molecule has 1 heterocycles. The zero-order valence-corrected chi connectivity index (χ0v) is 14.2. The van der Waals surface area contributed by atoms with Crippen LogP contribution in [0, 0.1) is 0 Å². The van der Waals surface area contributed by atoms with Crippen LogP contribution in [0.3, 0.4) is 0 Å². The SMILES string of the molecule is CC(=O)On1nc(Cc2cccc3ccccc23)c2ccccc2c1=O. The normalized spacial score (nSPS) is 11.0. The predicted octanol–water partition coefficient (Wildman–Crippen LogP) is 3.12. The predicted molar refractivity (Wildman–Crippen MR) is 100 cm³/mol. The standard InChI is InChI=1S/C21H16N2O3/c1-14(24)26-23-21(25)19-12-5-4-11-18(19)20(22-23)13-16-9-6-8-15-7-2-3-10-17(15)16/h2-12H,13H2,1H3. The van der Waals surface area contributed by atoms with E-state index in [-0.39, 0.29) is 0 Å². The fraction of sp³-hybridized carbons (Fsp3) is 0.0952. The number of nitrogens with zero attached hydrogens (tertiary/aromatic N) is 2. The summed E-state index contributed by atoms with van der Waals surface area (Å²) in [5.74, 6) is -0.592. The maximum Gasteiger partial charge on any atom is 0.332 e. The van der Waals surface area contributed by atoms with Gasteiger partial charge in [0.1, 0.15) is 0 Å². The Hall–Kier alpha value is -3.47. The highest BCUT2D eigenvalue weighted by molar-refractivity contribution is 5.88. The molecule has 0 aliphatic heterocycles. The van der Waals surface area contributed by atoms with Crippen LogP contribution in [0.15, 0.2) is 71.5 Å². The first kappa shape index (κ1) is 16.0. The molecule has 4 rings (SSSR count). The summed E-state index contributed by atoms with van der Waals surface area (Å²) in [6.07, 6.45) is 0.517. The molecule has 5 nitrogen and oxygen atoms in total. The maximum absolute atomic E-state index is 12.5. The molecule has 0 N–H and O–H groups in total. The second kappa shape index (κ2) is 6.44. The molecule has 0 fully saturated rings. The number of benzene rings is 3. The van der Waals surface area contributed by atoms with Crippen molar-refractivity contribution >= 4 is 27.5 Å². The molecule has 0 aliphatic rings. The average Bonchev–Trinajstić information content (AvgIpc) is 2.65. The second-order valence-corrected chi connectivity index (χ2v) is 6.07. The highest BCUT2D eigenvalue weighted by Crippen LogP contribution is 2.23. The van der Waals surface area contributed by atoms with Crippen molar-refractivity contribution in [2.45, 2.75) is 13.3 Å². The molecule has 26 heavy (non-hydrogen) atoms. The van der Waals surface area contributed by atoms with E-state index in [0.717, 1.165) is 26.6 Å². The minimum atomic E-state index is -0.592. The molecular weight excluding hydrogens is 328 g/mol. The molecule has 0 atom stereocenters. The molecule has 1 aromatic heterocycles. The van der Waals surface area contributed by atoms with E-state index in [2.05, 4.69) is 23.3 Å². The van der Waals surface area contributed by atoms with E-state index in [0.29, 0.717) is 17.5 Å². The van der Waals surface area contributed by atoms with E-state index in [1.807, 2.05) is 36.4 Å². The van der Waals surface area contributed by atoms with Crippen LogP contribution in [0.1, 0.15) is 18.2 Å². The molecule has 0 bridgehead atoms. The third-order valence-electron chi connectivity index (χ3n) is 4.31. The molecule has 0 saturated heterocycles. The number of rotatable bonds is 3. The molecule has 0 radical (unpaired) electrons. The molecule has 128 valence electrons. The first-order valence-corrected chi connectivity index (χ1v) is 8.30. The fourth-order valence-electron chi connectivity index (χ4n) is 3.17. The quantitative estimate of drug-likeness (QED) is 0.573. The number of fused-ring (bicyclic) bond motifs is 2. The Morgan fingerprint density at radius 1 is 0.923 bits per heavy atom. The third-order valence-corrected chi connectivity index (χ3v) is 4.31. The van der Waals surface area contributed by atoms with Crippen molar-refractivity contribution in [2.24, 2.45) is 0 Å². The van der Waals surface area contributed by atoms with Gasteiger partial charge in [-0.05, 0) is 27.2 Å². The van der Waals surface area contributed by atoms with E-state index >= 15 is 0 Å². The topological polar surface area (TPSA) is 61.2 Å². The molecule has 0 spiro atoms. The number of hydrogen-bond acceptors (Lipinski definition) is 4. The van der Waals surface area contributed by atoms with Crippen molar-refractivity contribution in [2.75, 3.05) is 0 Å². The third kappa shape index (κ3) is 2.84. The Bertz CT molecular complexity index is 1190. The first-order chi connectivity index (χ1) is 12.6. The summed E-state index contributed by atoms with van der Waals surface area (Å²) in [6, 6.07) is 21.5. The van der Waals surface area contributed by atoms with Crippen molar-refractivity contribution in [3.05, 3.63) is 88.3 Å². The van der Waals surface area contributed by atoms with Gasteiger partial charge in [0.25, 0.3) is 0 Å². The molecule has 4 aromatic rings. The molecule has 5 heteroatoms. The van der Waals surface area contributed by atoms with Crippen molar-refractivity contribution in [1.29, 1.82) is 0 Å². The van der Waals surface area contributed by atoms with Crippen LogP contribution in [0.5, 0.6) is 0 Å². The van der Waals surface area contributed by atoms with E-state index in [1.165, 1.54) is 6.92 Å². The number of hydrogen-bond donors (Lipinski definition) is 0. The summed E-state index contributed by atoms with van der Waals surface area (Å²) >= 11 is 0. The summed E-state index contributed by atoms with van der Waals surface area (Å²) in [4.78, 5) is 29.6. The van der Waals surface area contributed by atoms with Crippen LogP contribution in [0.25, 0.3) is 21.5 Å². The highest BCUT2D eigenvalue weighted by Gasteiger charge is 2.13. The van der Waals surface area contributed by atoms with Crippen LogP contribution >= 0.6 is 0 Å². The average molecular weight is 344 g/mol. The summed E-state index contributed by atoms with van der Waals surface area (Å²) in [5, 5.41) is 7.81. The Kier molecular flexibility index (Phi) is 3.97. The molecular formula is C21H16N2O3. The van der Waals surface area contributed by atoms with E-state index in [9.17, 15) is 9.59 Å². The molecule has 0 unspecified atom stereocenters. The van der Waals surface area contributed by atoms with Crippen molar-refractivity contribution < 1.29 is 9.63 Å². The maximum atomic E-state index is 12.5. The fourth-order valence-corrected chi connectivity index (χ4v) is 3.17. The minimum Gasteiger partial charge on any atom is -0.316 e. The lowest BCUT2D eigenvalue weighted by atomic mass is 9.99. The first-order valence-electron chi connectivity index (χ1n) is 8.30. The van der Waals surface area contributed by atoms with Crippen LogP contribution < -0.4 is 10.4 Å². The van der Waals surface area contributed by atoms with Gasteiger partial charge in [-0.2, -0.15) is 0 Å². The molecule has 3 aromatic carbocycles. The zero-order chi connectivity index (χ0) is 18.1. The van der Waals surface area contributed by atoms with E-state index < -0.39 is 11.5 Å².